The highest BCUT2D eigenvalue weighted by molar-refractivity contribution is 6.17. The summed E-state index contributed by atoms with van der Waals surface area (Å²) in [4.78, 5) is 8.75. The van der Waals surface area contributed by atoms with Crippen LogP contribution in [-0.2, 0) is 4.74 Å². The van der Waals surface area contributed by atoms with Crippen molar-refractivity contribution in [2.45, 2.75) is 12.5 Å². The molecule has 1 heterocycles. The lowest BCUT2D eigenvalue weighted by Gasteiger charge is -2.16. The van der Waals surface area contributed by atoms with Crippen LogP contribution in [0.1, 0.15) is 6.42 Å². The van der Waals surface area contributed by atoms with Gasteiger partial charge in [-0.1, -0.05) is 18.2 Å². The first-order chi connectivity index (χ1) is 8.83. The van der Waals surface area contributed by atoms with Crippen molar-refractivity contribution in [3.05, 3.63) is 30.5 Å². The summed E-state index contributed by atoms with van der Waals surface area (Å²) in [6.45, 7) is 0.586. The molecule has 96 valence electrons. The fraction of sp³-hybridized carbons (Fsp3) is 0.385. The highest BCUT2D eigenvalue weighted by Gasteiger charge is 2.09. The Morgan fingerprint density at radius 1 is 1.39 bits per heavy atom. The Kier molecular flexibility index (Phi) is 4.73. The van der Waals surface area contributed by atoms with Crippen LogP contribution in [0.2, 0.25) is 0 Å². The third-order valence-corrected chi connectivity index (χ3v) is 2.87. The summed E-state index contributed by atoms with van der Waals surface area (Å²) < 4.78 is 5.14. The summed E-state index contributed by atoms with van der Waals surface area (Å²) in [6.07, 6.45) is 2.63. The number of rotatable bonds is 6. The number of alkyl halides is 1. The second kappa shape index (κ2) is 6.52. The standard InChI is InChI=1S/C13H16ClN3O/c1-18-9-11(6-7-14)16-13-15-8-10-4-2-3-5-12(10)17-13/h2-5,8,11H,6-7,9H2,1H3,(H,15,16,17). The van der Waals surface area contributed by atoms with E-state index in [1.54, 1.807) is 7.11 Å². The zero-order chi connectivity index (χ0) is 12.8. The van der Waals surface area contributed by atoms with Crippen molar-refractivity contribution in [3.63, 3.8) is 0 Å². The molecule has 0 aliphatic rings. The van der Waals surface area contributed by atoms with Crippen LogP contribution in [0.3, 0.4) is 0 Å². The van der Waals surface area contributed by atoms with Crippen molar-refractivity contribution in [1.82, 2.24) is 9.97 Å². The van der Waals surface area contributed by atoms with Gasteiger partial charge in [0.1, 0.15) is 0 Å². The van der Waals surface area contributed by atoms with Crippen molar-refractivity contribution >= 4 is 28.5 Å². The topological polar surface area (TPSA) is 47.0 Å². The number of hydrogen-bond acceptors (Lipinski definition) is 4. The Bertz CT molecular complexity index is 500. The van der Waals surface area contributed by atoms with E-state index in [0.717, 1.165) is 17.3 Å². The Morgan fingerprint density at radius 2 is 2.22 bits per heavy atom. The maximum absolute atomic E-state index is 5.76. The smallest absolute Gasteiger partial charge is 0.223 e. The number of nitrogens with one attached hydrogen (secondary N) is 1. The van der Waals surface area contributed by atoms with E-state index < -0.39 is 0 Å². The fourth-order valence-corrected chi connectivity index (χ4v) is 2.02. The molecule has 2 aromatic rings. The molecule has 0 aliphatic carbocycles. The molecule has 18 heavy (non-hydrogen) atoms. The fourth-order valence-electron chi connectivity index (χ4n) is 1.75. The molecule has 0 spiro atoms. The first-order valence-electron chi connectivity index (χ1n) is 5.86. The summed E-state index contributed by atoms with van der Waals surface area (Å²) >= 11 is 5.76. The second-order valence-electron chi connectivity index (χ2n) is 4.03. The van der Waals surface area contributed by atoms with Gasteiger partial charge in [-0.25, -0.2) is 9.97 Å². The quantitative estimate of drug-likeness (QED) is 0.816. The van der Waals surface area contributed by atoms with Gasteiger partial charge in [0, 0.05) is 24.6 Å². The highest BCUT2D eigenvalue weighted by atomic mass is 35.5. The van der Waals surface area contributed by atoms with Gasteiger partial charge in [0.05, 0.1) is 18.2 Å². The first kappa shape index (κ1) is 13.1. The molecule has 0 saturated heterocycles. The van der Waals surface area contributed by atoms with Crippen molar-refractivity contribution < 1.29 is 4.74 Å². The molecule has 1 aromatic carbocycles. The number of methoxy groups -OCH3 is 1. The molecule has 0 saturated carbocycles. The largest absolute Gasteiger partial charge is 0.383 e. The summed E-state index contributed by atoms with van der Waals surface area (Å²) in [5.74, 6) is 1.19. The van der Waals surface area contributed by atoms with Gasteiger partial charge in [-0.3, -0.25) is 0 Å². The first-order valence-corrected chi connectivity index (χ1v) is 6.40. The molecule has 0 fully saturated rings. The lowest BCUT2D eigenvalue weighted by molar-refractivity contribution is 0.184. The molecule has 0 radical (unpaired) electrons. The third kappa shape index (κ3) is 3.31. The number of para-hydroxylation sites is 1. The molecule has 4 nitrogen and oxygen atoms in total. The van der Waals surface area contributed by atoms with Crippen LogP contribution < -0.4 is 5.32 Å². The monoisotopic (exact) mass is 265 g/mol. The van der Waals surface area contributed by atoms with E-state index >= 15 is 0 Å². The second-order valence-corrected chi connectivity index (χ2v) is 4.40. The van der Waals surface area contributed by atoms with Gasteiger partial charge in [-0.05, 0) is 12.5 Å². The summed E-state index contributed by atoms with van der Waals surface area (Å²) in [7, 11) is 1.67. The molecule has 1 unspecified atom stereocenters. The van der Waals surface area contributed by atoms with E-state index in [1.165, 1.54) is 0 Å². The molecular formula is C13H16ClN3O. The summed E-state index contributed by atoms with van der Waals surface area (Å²) in [5, 5.41) is 4.27. The summed E-state index contributed by atoms with van der Waals surface area (Å²) in [5.41, 5.74) is 0.928. The maximum atomic E-state index is 5.76. The summed E-state index contributed by atoms with van der Waals surface area (Å²) in [6, 6.07) is 8.03. The number of hydrogen-bond donors (Lipinski definition) is 1. The molecule has 0 aliphatic heterocycles. The zero-order valence-corrected chi connectivity index (χ0v) is 11.0. The number of halogens is 1. The van der Waals surface area contributed by atoms with Crippen LogP contribution in [0.4, 0.5) is 5.95 Å². The third-order valence-electron chi connectivity index (χ3n) is 2.65. The van der Waals surface area contributed by atoms with Gasteiger partial charge in [-0.2, -0.15) is 0 Å². The Labute approximate surface area is 111 Å². The van der Waals surface area contributed by atoms with Crippen molar-refractivity contribution in [2.24, 2.45) is 0 Å². The van der Waals surface area contributed by atoms with E-state index in [2.05, 4.69) is 15.3 Å². The van der Waals surface area contributed by atoms with E-state index in [1.807, 2.05) is 30.5 Å². The number of aromatic nitrogens is 2. The number of anilines is 1. The van der Waals surface area contributed by atoms with E-state index in [-0.39, 0.29) is 6.04 Å². The minimum Gasteiger partial charge on any atom is -0.383 e. The van der Waals surface area contributed by atoms with Crippen LogP contribution in [0.25, 0.3) is 10.9 Å². The van der Waals surface area contributed by atoms with Crippen LogP contribution in [0.15, 0.2) is 30.5 Å². The lowest BCUT2D eigenvalue weighted by Crippen LogP contribution is -2.26. The molecule has 0 amide bonds. The van der Waals surface area contributed by atoms with E-state index in [4.69, 9.17) is 16.3 Å². The Morgan fingerprint density at radius 3 is 3.00 bits per heavy atom. The normalized spacial score (nSPS) is 12.6. The lowest BCUT2D eigenvalue weighted by atomic mass is 10.2. The van der Waals surface area contributed by atoms with Crippen LogP contribution in [0, 0.1) is 0 Å². The molecule has 5 heteroatoms. The zero-order valence-electron chi connectivity index (χ0n) is 10.3. The van der Waals surface area contributed by atoms with Crippen LogP contribution in [0.5, 0.6) is 0 Å². The van der Waals surface area contributed by atoms with Crippen molar-refractivity contribution in [2.75, 3.05) is 24.9 Å². The predicted octanol–water partition coefficient (Wildman–Crippen LogP) is 2.69. The number of fused-ring (bicyclic) bond motifs is 1. The van der Waals surface area contributed by atoms with Crippen LogP contribution in [-0.4, -0.2) is 35.6 Å². The van der Waals surface area contributed by atoms with E-state index in [9.17, 15) is 0 Å². The van der Waals surface area contributed by atoms with Gasteiger partial charge in [0.15, 0.2) is 0 Å². The average molecular weight is 266 g/mol. The predicted molar refractivity (Wildman–Crippen MR) is 74.2 cm³/mol. The minimum absolute atomic E-state index is 0.133. The SMILES string of the molecule is COCC(CCCl)Nc1ncc2ccccc2n1. The minimum atomic E-state index is 0.133. The molecule has 0 bridgehead atoms. The molecule has 1 N–H and O–H groups in total. The van der Waals surface area contributed by atoms with Gasteiger partial charge < -0.3 is 10.1 Å². The average Bonchev–Trinajstić information content (AvgIpc) is 2.39. The molecule has 2 rings (SSSR count). The number of benzene rings is 1. The van der Waals surface area contributed by atoms with E-state index in [0.29, 0.717) is 18.4 Å². The Balaban J connectivity index is 2.14. The van der Waals surface area contributed by atoms with Gasteiger partial charge in [0.2, 0.25) is 5.95 Å². The van der Waals surface area contributed by atoms with Gasteiger partial charge in [-0.15, -0.1) is 11.6 Å². The van der Waals surface area contributed by atoms with Crippen molar-refractivity contribution in [3.8, 4) is 0 Å². The van der Waals surface area contributed by atoms with Gasteiger partial charge in [0.25, 0.3) is 0 Å². The molecular weight excluding hydrogens is 250 g/mol. The number of ether oxygens (including phenoxy) is 1. The highest BCUT2D eigenvalue weighted by Crippen LogP contribution is 2.13. The molecule has 1 aromatic heterocycles. The van der Waals surface area contributed by atoms with Gasteiger partial charge >= 0.3 is 0 Å². The Hall–Kier alpha value is -1.39. The van der Waals surface area contributed by atoms with Crippen molar-refractivity contribution in [1.29, 1.82) is 0 Å². The maximum Gasteiger partial charge on any atom is 0.223 e. The number of nitrogens with zero attached hydrogens (tertiary/aromatic N) is 2. The molecule has 1 atom stereocenters. The van der Waals surface area contributed by atoms with Crippen LogP contribution >= 0.6 is 11.6 Å².